The zero-order valence-corrected chi connectivity index (χ0v) is 20.1. The van der Waals surface area contributed by atoms with Gasteiger partial charge in [-0.15, -0.1) is 11.3 Å². The van der Waals surface area contributed by atoms with Crippen LogP contribution in [0.25, 0.3) is 0 Å². The first-order valence-corrected chi connectivity index (χ1v) is 11.7. The van der Waals surface area contributed by atoms with Crippen molar-refractivity contribution in [3.05, 3.63) is 94.1 Å². The molecule has 2 N–H and O–H groups in total. The minimum atomic E-state index is -0.540. The van der Waals surface area contributed by atoms with Crippen molar-refractivity contribution in [2.75, 3.05) is 17.7 Å². The molecule has 0 aliphatic rings. The summed E-state index contributed by atoms with van der Waals surface area (Å²) in [7, 11) is 1.57. The quantitative estimate of drug-likeness (QED) is 0.315. The Labute approximate surface area is 207 Å². The number of amides is 1. The van der Waals surface area contributed by atoms with E-state index in [1.165, 1.54) is 11.3 Å². The summed E-state index contributed by atoms with van der Waals surface area (Å²) < 4.78 is 10.8. The number of carbonyl (C=O) groups is 2. The number of hydrogen-bond donors (Lipinski definition) is 2. The molecule has 0 atom stereocenters. The molecule has 4 rings (SSSR count). The van der Waals surface area contributed by atoms with Gasteiger partial charge in [-0.2, -0.15) is 0 Å². The number of para-hydroxylation sites is 2. The van der Waals surface area contributed by atoms with Crippen molar-refractivity contribution in [3.8, 4) is 5.75 Å². The Hall–Kier alpha value is -4.24. The lowest BCUT2D eigenvalue weighted by Crippen LogP contribution is -2.14. The summed E-state index contributed by atoms with van der Waals surface area (Å²) in [6.45, 7) is 1.97. The van der Waals surface area contributed by atoms with E-state index in [9.17, 15) is 9.59 Å². The maximum Gasteiger partial charge on any atom is 0.342 e. The minimum Gasteiger partial charge on any atom is -0.495 e. The standard InChI is InChI=1S/C26H24N4O4S/c1-17-9-11-18(12-10-17)28-23(31)14-24-29-19(16-35-24)15-34-26(32)20-6-5-13-27-25(20)30-21-7-3-4-8-22(21)33-2/h3-13,16H,14-15H2,1-2H3,(H,27,30)(H,28,31). The topological polar surface area (TPSA) is 102 Å². The van der Waals surface area contributed by atoms with E-state index in [0.29, 0.717) is 28.0 Å². The minimum absolute atomic E-state index is 0.0160. The predicted molar refractivity (Wildman–Crippen MR) is 135 cm³/mol. The van der Waals surface area contributed by atoms with E-state index in [2.05, 4.69) is 20.6 Å². The molecule has 2 aromatic heterocycles. The predicted octanol–water partition coefficient (Wildman–Crippen LogP) is 5.14. The van der Waals surface area contributed by atoms with E-state index in [4.69, 9.17) is 9.47 Å². The second-order valence-corrected chi connectivity index (χ2v) is 8.57. The van der Waals surface area contributed by atoms with Gasteiger partial charge in [-0.05, 0) is 43.3 Å². The molecule has 0 aliphatic heterocycles. The van der Waals surface area contributed by atoms with E-state index < -0.39 is 5.97 Å². The van der Waals surface area contributed by atoms with Crippen molar-refractivity contribution >= 4 is 40.4 Å². The monoisotopic (exact) mass is 488 g/mol. The summed E-state index contributed by atoms with van der Waals surface area (Å²) >= 11 is 1.35. The van der Waals surface area contributed by atoms with Crippen LogP contribution in [0.1, 0.15) is 26.6 Å². The number of nitrogens with one attached hydrogen (secondary N) is 2. The van der Waals surface area contributed by atoms with Crippen molar-refractivity contribution < 1.29 is 19.1 Å². The first-order valence-electron chi connectivity index (χ1n) is 10.8. The summed E-state index contributed by atoms with van der Waals surface area (Å²) in [4.78, 5) is 33.8. The third-order valence-corrected chi connectivity index (χ3v) is 5.88. The van der Waals surface area contributed by atoms with Crippen LogP contribution in [0.2, 0.25) is 0 Å². The van der Waals surface area contributed by atoms with Gasteiger partial charge < -0.3 is 20.1 Å². The number of pyridine rings is 1. The second kappa shape index (κ2) is 11.3. The van der Waals surface area contributed by atoms with Gasteiger partial charge in [0.15, 0.2) is 0 Å². The summed E-state index contributed by atoms with van der Waals surface area (Å²) in [5.41, 5.74) is 3.39. The van der Waals surface area contributed by atoms with Gasteiger partial charge in [0.05, 0.1) is 24.9 Å². The molecular weight excluding hydrogens is 464 g/mol. The highest BCUT2D eigenvalue weighted by atomic mass is 32.1. The van der Waals surface area contributed by atoms with Gasteiger partial charge in [0.2, 0.25) is 5.91 Å². The first-order chi connectivity index (χ1) is 17.0. The average Bonchev–Trinajstić information content (AvgIpc) is 3.31. The number of rotatable bonds is 9. The fourth-order valence-electron chi connectivity index (χ4n) is 3.24. The molecule has 0 aliphatic carbocycles. The number of aryl methyl sites for hydroxylation is 1. The van der Waals surface area contributed by atoms with E-state index in [0.717, 1.165) is 11.3 Å². The number of anilines is 3. The largest absolute Gasteiger partial charge is 0.495 e. The van der Waals surface area contributed by atoms with E-state index in [-0.39, 0.29) is 24.5 Å². The molecule has 0 fully saturated rings. The third kappa shape index (κ3) is 6.42. The van der Waals surface area contributed by atoms with E-state index in [1.807, 2.05) is 55.5 Å². The Morgan fingerprint density at radius 1 is 1.03 bits per heavy atom. The molecule has 0 saturated heterocycles. The molecule has 0 spiro atoms. The molecule has 0 radical (unpaired) electrons. The second-order valence-electron chi connectivity index (χ2n) is 7.62. The zero-order valence-electron chi connectivity index (χ0n) is 19.3. The Morgan fingerprint density at radius 2 is 1.83 bits per heavy atom. The number of carbonyl (C=O) groups excluding carboxylic acids is 2. The van der Waals surface area contributed by atoms with Crippen molar-refractivity contribution in [2.24, 2.45) is 0 Å². The molecule has 1 amide bonds. The van der Waals surface area contributed by atoms with Crippen LogP contribution in [-0.4, -0.2) is 29.0 Å². The molecule has 35 heavy (non-hydrogen) atoms. The highest BCUT2D eigenvalue weighted by Crippen LogP contribution is 2.28. The van der Waals surface area contributed by atoms with Crippen molar-refractivity contribution in [3.63, 3.8) is 0 Å². The molecule has 178 valence electrons. The van der Waals surface area contributed by atoms with Crippen LogP contribution in [0.15, 0.2) is 72.2 Å². The van der Waals surface area contributed by atoms with Crippen LogP contribution in [0, 0.1) is 6.92 Å². The van der Waals surface area contributed by atoms with Gasteiger partial charge in [0.1, 0.15) is 28.7 Å². The highest BCUT2D eigenvalue weighted by molar-refractivity contribution is 7.09. The Bertz CT molecular complexity index is 1320. The molecule has 0 unspecified atom stereocenters. The Balaban J connectivity index is 1.35. The Kier molecular flexibility index (Phi) is 7.69. The lowest BCUT2D eigenvalue weighted by Gasteiger charge is -2.13. The number of methoxy groups -OCH3 is 1. The molecule has 0 bridgehead atoms. The molecule has 0 saturated carbocycles. The van der Waals surface area contributed by atoms with E-state index >= 15 is 0 Å². The average molecular weight is 489 g/mol. The van der Waals surface area contributed by atoms with Crippen LogP contribution < -0.4 is 15.4 Å². The molecular formula is C26H24N4O4S. The number of aromatic nitrogens is 2. The fourth-order valence-corrected chi connectivity index (χ4v) is 4.02. The number of nitrogens with zero attached hydrogens (tertiary/aromatic N) is 2. The number of ether oxygens (including phenoxy) is 2. The van der Waals surface area contributed by atoms with Gasteiger partial charge in [-0.25, -0.2) is 14.8 Å². The maximum absolute atomic E-state index is 12.8. The molecule has 2 heterocycles. The summed E-state index contributed by atoms with van der Waals surface area (Å²) in [6.07, 6.45) is 1.73. The van der Waals surface area contributed by atoms with Crippen molar-refractivity contribution in [1.82, 2.24) is 9.97 Å². The van der Waals surface area contributed by atoms with Crippen LogP contribution in [-0.2, 0) is 22.6 Å². The smallest absolute Gasteiger partial charge is 0.342 e. The first kappa shape index (κ1) is 23.9. The fraction of sp³-hybridized carbons (Fsp3) is 0.154. The Morgan fingerprint density at radius 3 is 2.63 bits per heavy atom. The van der Waals surface area contributed by atoms with Gasteiger partial charge in [-0.3, -0.25) is 4.79 Å². The number of hydrogen-bond acceptors (Lipinski definition) is 8. The number of thiazole rings is 1. The van der Waals surface area contributed by atoms with Crippen LogP contribution in [0.3, 0.4) is 0 Å². The zero-order chi connectivity index (χ0) is 24.6. The summed E-state index contributed by atoms with van der Waals surface area (Å²) in [6, 6.07) is 18.2. The van der Waals surface area contributed by atoms with E-state index in [1.54, 1.807) is 30.8 Å². The normalized spacial score (nSPS) is 10.5. The van der Waals surface area contributed by atoms with Gasteiger partial charge in [0.25, 0.3) is 0 Å². The number of benzene rings is 2. The molecule has 4 aromatic rings. The van der Waals surface area contributed by atoms with Gasteiger partial charge >= 0.3 is 5.97 Å². The van der Waals surface area contributed by atoms with Crippen LogP contribution in [0.5, 0.6) is 5.75 Å². The molecule has 8 nitrogen and oxygen atoms in total. The molecule has 9 heteroatoms. The lowest BCUT2D eigenvalue weighted by molar-refractivity contribution is -0.115. The van der Waals surface area contributed by atoms with Gasteiger partial charge in [0, 0.05) is 17.3 Å². The summed E-state index contributed by atoms with van der Waals surface area (Å²) in [5.74, 6) is 0.281. The summed E-state index contributed by atoms with van der Waals surface area (Å²) in [5, 5.41) is 8.39. The maximum atomic E-state index is 12.8. The van der Waals surface area contributed by atoms with Crippen molar-refractivity contribution in [2.45, 2.75) is 20.0 Å². The third-order valence-electron chi connectivity index (χ3n) is 4.99. The van der Waals surface area contributed by atoms with Crippen molar-refractivity contribution in [1.29, 1.82) is 0 Å². The SMILES string of the molecule is COc1ccccc1Nc1ncccc1C(=O)OCc1csc(CC(=O)Nc2ccc(C)cc2)n1. The van der Waals surface area contributed by atoms with Gasteiger partial charge in [-0.1, -0.05) is 29.8 Å². The lowest BCUT2D eigenvalue weighted by atomic mass is 10.2. The molecule has 2 aromatic carbocycles. The number of esters is 1. The van der Waals surface area contributed by atoms with Crippen LogP contribution in [0.4, 0.5) is 17.2 Å². The van der Waals surface area contributed by atoms with Crippen LogP contribution >= 0.6 is 11.3 Å². The highest BCUT2D eigenvalue weighted by Gasteiger charge is 2.16.